The van der Waals surface area contributed by atoms with E-state index < -0.39 is 0 Å². The topological polar surface area (TPSA) is 58.6 Å². The highest BCUT2D eigenvalue weighted by Crippen LogP contribution is 2.15. The fourth-order valence-corrected chi connectivity index (χ4v) is 1.34. The molecule has 4 heteroatoms. The number of benzene rings is 1. The molecule has 74 valence electrons. The Morgan fingerprint density at radius 2 is 2.07 bits per heavy atom. The Kier molecular flexibility index (Phi) is 4.07. The fraction of sp³-hybridized carbons (Fsp3) is 0.100. The van der Waals surface area contributed by atoms with E-state index in [0.717, 1.165) is 5.56 Å². The van der Waals surface area contributed by atoms with Crippen LogP contribution >= 0.6 is 11.8 Å². The zero-order chi connectivity index (χ0) is 10.4. The number of hydrogen-bond donors (Lipinski definition) is 2. The van der Waals surface area contributed by atoms with E-state index in [9.17, 15) is 0 Å². The lowest BCUT2D eigenvalue weighted by molar-refractivity contribution is 0.319. The van der Waals surface area contributed by atoms with Gasteiger partial charge in [-0.1, -0.05) is 23.4 Å². The van der Waals surface area contributed by atoms with Crippen molar-refractivity contribution in [3.8, 4) is 0 Å². The molecule has 0 aliphatic rings. The molecule has 3 nitrogen and oxygen atoms in total. The number of oxime groups is 1. The maximum Gasteiger partial charge on any atom is 0.162 e. The monoisotopic (exact) mass is 208 g/mol. The average molecular weight is 208 g/mol. The molecule has 0 radical (unpaired) electrons. The van der Waals surface area contributed by atoms with Crippen molar-refractivity contribution < 1.29 is 5.21 Å². The lowest BCUT2D eigenvalue weighted by Crippen LogP contribution is -2.06. The number of nitrogens with zero attached hydrogens (tertiary/aromatic N) is 1. The zero-order valence-electron chi connectivity index (χ0n) is 7.84. The molecule has 14 heavy (non-hydrogen) atoms. The molecule has 0 amide bonds. The minimum Gasteiger partial charge on any atom is -0.409 e. The summed E-state index contributed by atoms with van der Waals surface area (Å²) in [7, 11) is 0. The molecule has 0 atom stereocenters. The van der Waals surface area contributed by atoms with Crippen LogP contribution in [0.5, 0.6) is 0 Å². The summed E-state index contributed by atoms with van der Waals surface area (Å²) in [5.41, 5.74) is 6.31. The summed E-state index contributed by atoms with van der Waals surface area (Å²) in [4.78, 5) is 1.21. The third-order valence-corrected chi connectivity index (χ3v) is 2.42. The number of rotatable bonds is 3. The van der Waals surface area contributed by atoms with Gasteiger partial charge in [0.25, 0.3) is 0 Å². The molecule has 0 bridgehead atoms. The molecule has 1 aromatic rings. The molecule has 0 spiro atoms. The van der Waals surface area contributed by atoms with Gasteiger partial charge < -0.3 is 10.9 Å². The van der Waals surface area contributed by atoms with Crippen LogP contribution in [0.1, 0.15) is 5.56 Å². The first-order valence-electron chi connectivity index (χ1n) is 4.06. The lowest BCUT2D eigenvalue weighted by atomic mass is 10.2. The van der Waals surface area contributed by atoms with Gasteiger partial charge in [-0.25, -0.2) is 0 Å². The molecule has 0 unspecified atom stereocenters. The van der Waals surface area contributed by atoms with E-state index in [1.165, 1.54) is 4.90 Å². The van der Waals surface area contributed by atoms with Crippen molar-refractivity contribution >= 4 is 23.7 Å². The van der Waals surface area contributed by atoms with Crippen LogP contribution in [0.3, 0.4) is 0 Å². The zero-order valence-corrected chi connectivity index (χ0v) is 8.66. The Bertz CT molecular complexity index is 344. The smallest absolute Gasteiger partial charge is 0.162 e. The number of amidine groups is 1. The fourth-order valence-electron chi connectivity index (χ4n) is 0.930. The first-order valence-corrected chi connectivity index (χ1v) is 5.28. The second-order valence-electron chi connectivity index (χ2n) is 2.63. The normalized spacial score (nSPS) is 12.2. The minimum absolute atomic E-state index is 0.0962. The molecule has 0 aromatic heterocycles. The predicted octanol–water partition coefficient (Wildman–Crippen LogP) is 2.17. The minimum atomic E-state index is 0.0962. The highest BCUT2D eigenvalue weighted by atomic mass is 32.2. The summed E-state index contributed by atoms with van der Waals surface area (Å²) in [6.07, 6.45) is 5.37. The van der Waals surface area contributed by atoms with E-state index in [1.807, 2.05) is 30.5 Å². The highest BCUT2D eigenvalue weighted by Gasteiger charge is 1.90. The van der Waals surface area contributed by atoms with Crippen LogP contribution in [0.15, 0.2) is 40.4 Å². The Morgan fingerprint density at radius 3 is 2.57 bits per heavy atom. The van der Waals surface area contributed by atoms with Gasteiger partial charge in [-0.3, -0.25) is 0 Å². The van der Waals surface area contributed by atoms with Crippen LogP contribution in [0.4, 0.5) is 0 Å². The summed E-state index contributed by atoms with van der Waals surface area (Å²) in [5.74, 6) is 0.0962. The van der Waals surface area contributed by atoms with Gasteiger partial charge >= 0.3 is 0 Å². The first-order chi connectivity index (χ1) is 6.76. The molecule has 1 aromatic carbocycles. The Balaban J connectivity index is 2.73. The number of nitrogens with two attached hydrogens (primary N) is 1. The van der Waals surface area contributed by atoms with E-state index in [4.69, 9.17) is 10.9 Å². The Morgan fingerprint density at radius 1 is 1.43 bits per heavy atom. The van der Waals surface area contributed by atoms with Gasteiger partial charge in [0.05, 0.1) is 0 Å². The second-order valence-corrected chi connectivity index (χ2v) is 3.51. The molecule has 1 rings (SSSR count). The number of thioether (sulfide) groups is 1. The van der Waals surface area contributed by atoms with Crippen molar-refractivity contribution in [2.45, 2.75) is 4.90 Å². The van der Waals surface area contributed by atoms with Crippen LogP contribution in [0, 0.1) is 0 Å². The molecule has 0 saturated carbocycles. The van der Waals surface area contributed by atoms with Crippen LogP contribution in [-0.4, -0.2) is 17.3 Å². The summed E-state index contributed by atoms with van der Waals surface area (Å²) < 4.78 is 0. The van der Waals surface area contributed by atoms with Crippen molar-refractivity contribution in [2.75, 3.05) is 6.26 Å². The van der Waals surface area contributed by atoms with Gasteiger partial charge in [0.2, 0.25) is 0 Å². The summed E-state index contributed by atoms with van der Waals surface area (Å²) in [6, 6.07) is 8.01. The van der Waals surface area contributed by atoms with Crippen LogP contribution in [-0.2, 0) is 0 Å². The average Bonchev–Trinajstić information content (AvgIpc) is 2.26. The number of hydrogen-bond acceptors (Lipinski definition) is 3. The molecule has 0 aliphatic heterocycles. The third-order valence-electron chi connectivity index (χ3n) is 1.68. The molecular formula is C10H12N2OS. The van der Waals surface area contributed by atoms with Gasteiger partial charge in [-0.15, -0.1) is 11.8 Å². The van der Waals surface area contributed by atoms with Gasteiger partial charge in [0.1, 0.15) is 0 Å². The van der Waals surface area contributed by atoms with Crippen molar-refractivity contribution in [1.82, 2.24) is 0 Å². The van der Waals surface area contributed by atoms with Crippen LogP contribution < -0.4 is 5.73 Å². The van der Waals surface area contributed by atoms with E-state index >= 15 is 0 Å². The summed E-state index contributed by atoms with van der Waals surface area (Å²) in [5, 5.41) is 11.1. The van der Waals surface area contributed by atoms with Crippen LogP contribution in [0.2, 0.25) is 0 Å². The standard InChI is InChI=1S/C10H12N2OS/c1-14-9-5-2-8(3-6-9)4-7-10(11)12-13/h2-7,13H,1H3,(H2,11,12). The molecular weight excluding hydrogens is 196 g/mol. The van der Waals surface area contributed by atoms with E-state index in [1.54, 1.807) is 23.9 Å². The summed E-state index contributed by atoms with van der Waals surface area (Å²) in [6.45, 7) is 0. The van der Waals surface area contributed by atoms with Crippen molar-refractivity contribution in [2.24, 2.45) is 10.9 Å². The van der Waals surface area contributed by atoms with Gasteiger partial charge in [0.15, 0.2) is 5.84 Å². The van der Waals surface area contributed by atoms with Crippen molar-refractivity contribution in [1.29, 1.82) is 0 Å². The van der Waals surface area contributed by atoms with E-state index in [-0.39, 0.29) is 5.84 Å². The summed E-state index contributed by atoms with van der Waals surface area (Å²) >= 11 is 1.69. The van der Waals surface area contributed by atoms with E-state index in [2.05, 4.69) is 5.16 Å². The highest BCUT2D eigenvalue weighted by molar-refractivity contribution is 7.98. The molecule has 0 heterocycles. The Labute approximate surface area is 87.3 Å². The SMILES string of the molecule is CSc1ccc(C=CC(N)=NO)cc1. The van der Waals surface area contributed by atoms with Crippen LogP contribution in [0.25, 0.3) is 6.08 Å². The second kappa shape index (κ2) is 5.34. The van der Waals surface area contributed by atoms with E-state index in [0.29, 0.717) is 0 Å². The Hall–Kier alpha value is -1.42. The molecule has 3 N–H and O–H groups in total. The predicted molar refractivity (Wildman–Crippen MR) is 60.7 cm³/mol. The quantitative estimate of drug-likeness (QED) is 0.263. The maximum atomic E-state index is 8.30. The first kappa shape index (κ1) is 10.7. The van der Waals surface area contributed by atoms with Crippen molar-refractivity contribution in [3.63, 3.8) is 0 Å². The van der Waals surface area contributed by atoms with Gasteiger partial charge in [-0.2, -0.15) is 0 Å². The lowest BCUT2D eigenvalue weighted by Gasteiger charge is -1.96. The largest absolute Gasteiger partial charge is 0.409 e. The third kappa shape index (κ3) is 3.14. The molecule has 0 aliphatic carbocycles. The molecule has 0 fully saturated rings. The maximum absolute atomic E-state index is 8.30. The molecule has 0 saturated heterocycles. The van der Waals surface area contributed by atoms with Gasteiger partial charge in [0, 0.05) is 4.90 Å². The van der Waals surface area contributed by atoms with Gasteiger partial charge in [-0.05, 0) is 30.0 Å². The van der Waals surface area contributed by atoms with Crippen molar-refractivity contribution in [3.05, 3.63) is 35.9 Å².